The summed E-state index contributed by atoms with van der Waals surface area (Å²) >= 11 is 20.1. The summed E-state index contributed by atoms with van der Waals surface area (Å²) in [5.74, 6) is 4.66. The second-order valence-corrected chi connectivity index (χ2v) is 30.3. The number of benzene rings is 9. The van der Waals surface area contributed by atoms with Crippen molar-refractivity contribution in [2.75, 3.05) is 61.1 Å². The number of piperidine rings is 3. The van der Waals surface area contributed by atoms with E-state index >= 15 is 0 Å². The molecule has 105 heavy (non-hydrogen) atoms. The van der Waals surface area contributed by atoms with Crippen molar-refractivity contribution in [3.05, 3.63) is 303 Å². The molecular formula is C89H92Cl3N9O4. The van der Waals surface area contributed by atoms with Crippen LogP contribution in [0.1, 0.15) is 106 Å². The normalized spacial score (nSPS) is 14.5. The van der Waals surface area contributed by atoms with Crippen molar-refractivity contribution in [1.82, 2.24) is 28.7 Å². The van der Waals surface area contributed by atoms with Crippen LogP contribution >= 0.6 is 34.8 Å². The maximum Gasteiger partial charge on any atom is 0.258 e. The van der Waals surface area contributed by atoms with E-state index in [0.29, 0.717) is 56.1 Å². The van der Waals surface area contributed by atoms with Crippen molar-refractivity contribution in [2.24, 2.45) is 17.8 Å². The smallest absolute Gasteiger partial charge is 0.258 e. The summed E-state index contributed by atoms with van der Waals surface area (Å²) in [5, 5.41) is 9.73. The molecule has 13 nitrogen and oxygen atoms in total. The van der Waals surface area contributed by atoms with Gasteiger partial charge in [-0.1, -0.05) is 156 Å². The van der Waals surface area contributed by atoms with E-state index in [1.54, 1.807) is 39.0 Å². The predicted molar refractivity (Wildman–Crippen MR) is 436 cm³/mol. The number of fused-ring (bicyclic) bond motifs is 3. The van der Waals surface area contributed by atoms with E-state index in [1.165, 1.54) is 60.1 Å². The number of nitrogens with zero attached hydrogens (tertiary/aromatic N) is 9. The van der Waals surface area contributed by atoms with Crippen molar-refractivity contribution in [1.29, 1.82) is 0 Å². The van der Waals surface area contributed by atoms with Gasteiger partial charge in [0.05, 0.1) is 56.3 Å². The van der Waals surface area contributed by atoms with Crippen LogP contribution in [0.25, 0.3) is 55.1 Å². The molecule has 3 aliphatic rings. The SMILES string of the molecule is C=C(OC)c1ccc2cc(CC3CCN(c4ccc(-n5c(C)nc(C)cc5=O)cc4Cl)CC3)ccc2c1.Cc1ccc2cc(CC3CCN(c4ccc(-n5c(C)nc(C)cc5=O)cc4Cl)CC3)ccc2c1.Cc1ccc2cc(CC3CCN(c4ccc(-n5c(C)nc(C)cc5=O)cc4Cl)CC3)ccc2c1. The summed E-state index contributed by atoms with van der Waals surface area (Å²) in [7, 11) is 1.65. The van der Waals surface area contributed by atoms with Crippen LogP contribution in [-0.4, -0.2) is 75.0 Å². The highest BCUT2D eigenvalue weighted by Crippen LogP contribution is 2.37. The van der Waals surface area contributed by atoms with E-state index in [4.69, 9.17) is 39.5 Å². The summed E-state index contributed by atoms with van der Waals surface area (Å²) in [4.78, 5) is 57.9. The lowest BCUT2D eigenvalue weighted by Crippen LogP contribution is -2.34. The molecule has 0 bridgehead atoms. The fourth-order valence-corrected chi connectivity index (χ4v) is 16.7. The molecule has 0 amide bonds. The van der Waals surface area contributed by atoms with Crippen molar-refractivity contribution >= 4 is 89.9 Å². The van der Waals surface area contributed by atoms with Crippen molar-refractivity contribution in [3.8, 4) is 17.1 Å². The first-order chi connectivity index (χ1) is 50.6. The number of aryl methyl sites for hydroxylation is 8. The first kappa shape index (κ1) is 73.5. The first-order valence-electron chi connectivity index (χ1n) is 36.7. The second-order valence-electron chi connectivity index (χ2n) is 29.1. The highest BCUT2D eigenvalue weighted by molar-refractivity contribution is 6.34. The van der Waals surface area contributed by atoms with Crippen LogP contribution in [0, 0.1) is 73.1 Å². The standard InChI is InChI=1S/C31H32ClN3O2.2C29H30ClN3O/c1-20-15-31(36)35(22(3)33-20)28-9-10-30(29(32)19-28)34-13-11-23(12-14-34)16-24-5-6-27-18-25(21(2)37-4)7-8-26(27)17-24;2*1-19-4-6-25-17-23(5-7-24(25)14-19)16-22-10-12-32(13-11-22)28-9-8-26(18-27(28)30)33-21(3)31-20(2)15-29(33)34/h5-10,15,17-19,23H,2,11-14,16H2,1,3-4H3;2*4-9,14-15,17-18,22H,10-13,16H2,1-3H3. The maximum atomic E-state index is 12.5. The first-order valence-corrected chi connectivity index (χ1v) is 37.8. The molecule has 16 heteroatoms. The number of aromatic nitrogens is 6. The number of rotatable bonds is 14. The van der Waals surface area contributed by atoms with E-state index in [-0.39, 0.29) is 16.7 Å². The van der Waals surface area contributed by atoms with E-state index in [9.17, 15) is 14.4 Å². The van der Waals surface area contributed by atoms with Crippen LogP contribution in [0.5, 0.6) is 0 Å². The number of hydrogen-bond acceptors (Lipinski definition) is 10. The number of hydrogen-bond donors (Lipinski definition) is 0. The second kappa shape index (κ2) is 32.3. The number of anilines is 3. The van der Waals surface area contributed by atoms with Gasteiger partial charge in [-0.15, -0.1) is 0 Å². The maximum absolute atomic E-state index is 12.5. The number of ether oxygens (including phenoxy) is 1. The molecule has 9 aromatic carbocycles. The van der Waals surface area contributed by atoms with Crippen LogP contribution < -0.4 is 31.4 Å². The Bertz CT molecular complexity index is 5210. The van der Waals surface area contributed by atoms with Gasteiger partial charge in [0.25, 0.3) is 16.7 Å². The Morgan fingerprint density at radius 1 is 0.371 bits per heavy atom. The van der Waals surface area contributed by atoms with Gasteiger partial charge in [-0.2, -0.15) is 0 Å². The van der Waals surface area contributed by atoms with Gasteiger partial charge < -0.3 is 19.4 Å². The molecular weight excluding hydrogens is 1370 g/mol. The molecule has 3 aromatic heterocycles. The monoisotopic (exact) mass is 1460 g/mol. The molecule has 6 heterocycles. The Morgan fingerprint density at radius 2 is 0.657 bits per heavy atom. The van der Waals surface area contributed by atoms with E-state index < -0.39 is 0 Å². The zero-order valence-electron chi connectivity index (χ0n) is 61.7. The molecule has 0 unspecified atom stereocenters. The number of halogens is 3. The van der Waals surface area contributed by atoms with Gasteiger partial charge in [-0.05, 0) is 241 Å². The van der Waals surface area contributed by atoms with Gasteiger partial charge in [0.15, 0.2) is 0 Å². The molecule has 12 aromatic rings. The van der Waals surface area contributed by atoms with Crippen LogP contribution in [-0.2, 0) is 24.0 Å². The van der Waals surface area contributed by atoms with Crippen LogP contribution in [0.2, 0.25) is 15.1 Å². The van der Waals surface area contributed by atoms with Gasteiger partial charge in [0.2, 0.25) is 0 Å². The zero-order valence-corrected chi connectivity index (χ0v) is 63.9. The highest BCUT2D eigenvalue weighted by Gasteiger charge is 2.26. The Kier molecular flexibility index (Phi) is 22.6. The third-order valence-electron chi connectivity index (χ3n) is 21.2. The van der Waals surface area contributed by atoms with Gasteiger partial charge in [-0.25, -0.2) is 15.0 Å². The number of methoxy groups -OCH3 is 1. The summed E-state index contributed by atoms with van der Waals surface area (Å²) < 4.78 is 10.1. The molecule has 538 valence electrons. The van der Waals surface area contributed by atoms with Crippen LogP contribution in [0.4, 0.5) is 17.1 Å². The van der Waals surface area contributed by atoms with E-state index in [2.05, 4.69) is 159 Å². The molecule has 3 aliphatic heterocycles. The van der Waals surface area contributed by atoms with Gasteiger partial charge in [0.1, 0.15) is 23.2 Å². The lowest BCUT2D eigenvalue weighted by atomic mass is 9.89. The molecule has 15 rings (SSSR count). The third kappa shape index (κ3) is 17.3. The van der Waals surface area contributed by atoms with E-state index in [1.807, 2.05) is 96.1 Å². The van der Waals surface area contributed by atoms with Crippen LogP contribution in [0.15, 0.2) is 203 Å². The highest BCUT2D eigenvalue weighted by atomic mass is 35.5. The molecule has 3 fully saturated rings. The fraction of sp³-hybridized carbons (Fsp3) is 0.303. The van der Waals surface area contributed by atoms with Crippen molar-refractivity contribution < 1.29 is 4.74 Å². The molecule has 0 aliphatic carbocycles. The van der Waals surface area contributed by atoms with E-state index in [0.717, 1.165) is 154 Å². The third-order valence-corrected chi connectivity index (χ3v) is 22.2. The Balaban J connectivity index is 0.000000140. The fourth-order valence-electron chi connectivity index (χ4n) is 15.8. The molecule has 0 atom stereocenters. The Labute approximate surface area is 631 Å². The Morgan fingerprint density at radius 3 is 0.952 bits per heavy atom. The summed E-state index contributed by atoms with van der Waals surface area (Å²) in [6.45, 7) is 25.1. The minimum Gasteiger partial charge on any atom is -0.497 e. The summed E-state index contributed by atoms with van der Waals surface area (Å²) in [6, 6.07) is 62.5. The largest absolute Gasteiger partial charge is 0.497 e. The average Bonchev–Trinajstić information content (AvgIpc) is 0.805. The predicted octanol–water partition coefficient (Wildman–Crippen LogP) is 19.6. The minimum atomic E-state index is -0.0933. The van der Waals surface area contributed by atoms with Crippen molar-refractivity contribution in [2.45, 2.75) is 113 Å². The zero-order chi connectivity index (χ0) is 73.7. The van der Waals surface area contributed by atoms with Crippen LogP contribution in [0.3, 0.4) is 0 Å². The molecule has 0 N–H and O–H groups in total. The molecule has 0 radical (unpaired) electrons. The Hall–Kier alpha value is -9.79. The van der Waals surface area contributed by atoms with Crippen molar-refractivity contribution in [3.63, 3.8) is 0 Å². The molecule has 0 saturated carbocycles. The average molecular weight is 1460 g/mol. The molecule has 0 spiro atoms. The van der Waals surface area contributed by atoms with Gasteiger partial charge in [0, 0.05) is 80.1 Å². The minimum absolute atomic E-state index is 0.0848. The lowest BCUT2D eigenvalue weighted by Gasteiger charge is -2.34. The quantitative estimate of drug-likeness (QED) is 0.0972. The molecule has 3 saturated heterocycles. The van der Waals surface area contributed by atoms with Gasteiger partial charge >= 0.3 is 0 Å². The topological polar surface area (TPSA) is 124 Å². The summed E-state index contributed by atoms with van der Waals surface area (Å²) in [5.41, 5.74) is 15.1. The lowest BCUT2D eigenvalue weighted by molar-refractivity contribution is 0.371. The summed E-state index contributed by atoms with van der Waals surface area (Å²) in [6.07, 6.45) is 10.1. The van der Waals surface area contributed by atoms with Gasteiger partial charge in [-0.3, -0.25) is 28.1 Å².